The van der Waals surface area contributed by atoms with E-state index in [1.54, 1.807) is 11.9 Å². The monoisotopic (exact) mass is 324 g/mol. The molecule has 0 unspecified atom stereocenters. The Morgan fingerprint density at radius 2 is 1.75 bits per heavy atom. The molecule has 0 spiro atoms. The van der Waals surface area contributed by atoms with Gasteiger partial charge in [0.05, 0.1) is 0 Å². The molecule has 2 rings (SSSR count). The highest BCUT2D eigenvalue weighted by atomic mass is 16.2. The second-order valence-corrected chi connectivity index (χ2v) is 5.94. The van der Waals surface area contributed by atoms with Gasteiger partial charge < -0.3 is 16.0 Å². The fourth-order valence-electron chi connectivity index (χ4n) is 2.45. The second kappa shape index (κ2) is 8.15. The number of rotatable bonds is 5. The van der Waals surface area contributed by atoms with Gasteiger partial charge in [-0.3, -0.25) is 4.79 Å². The van der Waals surface area contributed by atoms with Gasteiger partial charge in [-0.1, -0.05) is 36.4 Å². The second-order valence-electron chi connectivity index (χ2n) is 5.94. The van der Waals surface area contributed by atoms with Crippen molar-refractivity contribution < 1.29 is 4.79 Å². The number of guanidine groups is 1. The number of nitrogens with zero attached hydrogens (tertiary/aromatic N) is 2. The number of carbonyl (C=O) groups is 1. The molecule has 5 nitrogen and oxygen atoms in total. The molecule has 0 atom stereocenters. The van der Waals surface area contributed by atoms with Crippen LogP contribution in [-0.4, -0.2) is 30.4 Å². The molecule has 2 aromatic carbocycles. The molecule has 2 aromatic rings. The Kier molecular flexibility index (Phi) is 5.95. The van der Waals surface area contributed by atoms with E-state index in [1.807, 2.05) is 56.3 Å². The summed E-state index contributed by atoms with van der Waals surface area (Å²) in [6.07, 6.45) is 0. The van der Waals surface area contributed by atoms with Gasteiger partial charge in [-0.15, -0.1) is 0 Å². The topological polar surface area (TPSA) is 70.7 Å². The third-order valence-corrected chi connectivity index (χ3v) is 3.57. The summed E-state index contributed by atoms with van der Waals surface area (Å²) in [5.41, 5.74) is 10.1. The van der Waals surface area contributed by atoms with E-state index in [1.165, 1.54) is 0 Å². The van der Waals surface area contributed by atoms with Crippen molar-refractivity contribution in [3.05, 3.63) is 65.2 Å². The number of aliphatic imine (C=N–C) groups is 1. The van der Waals surface area contributed by atoms with Crippen molar-refractivity contribution in [3.8, 4) is 0 Å². The molecule has 0 heterocycles. The van der Waals surface area contributed by atoms with Gasteiger partial charge in [-0.05, 0) is 42.7 Å². The summed E-state index contributed by atoms with van der Waals surface area (Å²) >= 11 is 0. The Balaban J connectivity index is 1.90. The highest BCUT2D eigenvalue weighted by Crippen LogP contribution is 2.13. The molecule has 0 aliphatic heterocycles. The Hall–Kier alpha value is -2.82. The van der Waals surface area contributed by atoms with Crippen molar-refractivity contribution >= 4 is 17.6 Å². The van der Waals surface area contributed by atoms with Crippen LogP contribution in [0, 0.1) is 13.8 Å². The van der Waals surface area contributed by atoms with E-state index in [9.17, 15) is 4.79 Å². The fourth-order valence-corrected chi connectivity index (χ4v) is 2.45. The average Bonchev–Trinajstić information content (AvgIpc) is 2.52. The van der Waals surface area contributed by atoms with Gasteiger partial charge in [0.25, 0.3) is 0 Å². The number of hydrogen-bond donors (Lipinski definition) is 2. The number of benzene rings is 2. The van der Waals surface area contributed by atoms with Gasteiger partial charge in [-0.2, -0.15) is 0 Å². The number of amides is 1. The zero-order chi connectivity index (χ0) is 17.5. The van der Waals surface area contributed by atoms with E-state index in [2.05, 4.69) is 16.4 Å². The first kappa shape index (κ1) is 17.5. The van der Waals surface area contributed by atoms with Crippen molar-refractivity contribution in [3.63, 3.8) is 0 Å². The zero-order valence-electron chi connectivity index (χ0n) is 14.4. The Morgan fingerprint density at radius 1 is 1.12 bits per heavy atom. The van der Waals surface area contributed by atoms with Crippen LogP contribution in [-0.2, 0) is 11.3 Å². The van der Waals surface area contributed by atoms with Crippen molar-refractivity contribution in [1.29, 1.82) is 0 Å². The Labute approximate surface area is 143 Å². The van der Waals surface area contributed by atoms with Crippen LogP contribution in [0.4, 0.5) is 5.69 Å². The lowest BCUT2D eigenvalue weighted by Gasteiger charge is -2.16. The minimum absolute atomic E-state index is 0.0208. The minimum Gasteiger partial charge on any atom is -0.370 e. The van der Waals surface area contributed by atoms with Crippen LogP contribution in [0.5, 0.6) is 0 Å². The maximum Gasteiger partial charge on any atom is 0.244 e. The van der Waals surface area contributed by atoms with Gasteiger partial charge in [0.15, 0.2) is 5.96 Å². The number of nitrogens with two attached hydrogens (primary N) is 1. The van der Waals surface area contributed by atoms with Crippen molar-refractivity contribution in [2.45, 2.75) is 20.4 Å². The third kappa shape index (κ3) is 5.43. The summed E-state index contributed by atoms with van der Waals surface area (Å²) in [6, 6.07) is 15.9. The molecule has 0 fully saturated rings. The molecule has 0 aromatic heterocycles. The molecule has 126 valence electrons. The lowest BCUT2D eigenvalue weighted by molar-refractivity contribution is -0.128. The Morgan fingerprint density at radius 3 is 2.38 bits per heavy atom. The minimum atomic E-state index is -0.0796. The standard InChI is InChI=1S/C19H24N4O/c1-14-9-15(2)11-17(10-14)22-19(20)21-12-18(24)23(3)13-16-7-5-4-6-8-16/h4-11H,12-13H2,1-3H3,(H3,20,21,22). The van der Waals surface area contributed by atoms with E-state index in [0.29, 0.717) is 6.54 Å². The first-order valence-corrected chi connectivity index (χ1v) is 7.87. The first-order valence-electron chi connectivity index (χ1n) is 7.87. The molecule has 0 aliphatic rings. The number of carbonyl (C=O) groups excluding carboxylic acids is 1. The molecular formula is C19H24N4O. The number of likely N-dealkylation sites (N-methyl/N-ethyl adjacent to an activating group) is 1. The summed E-state index contributed by atoms with van der Waals surface area (Å²) < 4.78 is 0. The summed E-state index contributed by atoms with van der Waals surface area (Å²) in [7, 11) is 1.76. The molecule has 0 saturated heterocycles. The predicted octanol–water partition coefficient (Wildman–Crippen LogP) is 2.69. The van der Waals surface area contributed by atoms with Gasteiger partial charge in [0.1, 0.15) is 6.54 Å². The molecule has 5 heteroatoms. The van der Waals surface area contributed by atoms with E-state index in [4.69, 9.17) is 5.73 Å². The highest BCUT2D eigenvalue weighted by molar-refractivity contribution is 5.94. The van der Waals surface area contributed by atoms with Crippen molar-refractivity contribution in [2.24, 2.45) is 10.7 Å². The lowest BCUT2D eigenvalue weighted by atomic mass is 10.1. The Bertz CT molecular complexity index is 705. The number of aryl methyl sites for hydroxylation is 2. The first-order chi connectivity index (χ1) is 11.4. The third-order valence-electron chi connectivity index (χ3n) is 3.57. The molecule has 3 N–H and O–H groups in total. The average molecular weight is 324 g/mol. The highest BCUT2D eigenvalue weighted by Gasteiger charge is 2.08. The van der Waals surface area contributed by atoms with E-state index < -0.39 is 0 Å². The predicted molar refractivity (Wildman–Crippen MR) is 98.9 cm³/mol. The van der Waals surface area contributed by atoms with E-state index >= 15 is 0 Å². The van der Waals surface area contributed by atoms with E-state index in [0.717, 1.165) is 22.4 Å². The lowest BCUT2D eigenvalue weighted by Crippen LogP contribution is -2.30. The van der Waals surface area contributed by atoms with Gasteiger partial charge in [0, 0.05) is 19.3 Å². The normalized spacial score (nSPS) is 11.2. The number of anilines is 1. The van der Waals surface area contributed by atoms with Crippen molar-refractivity contribution in [2.75, 3.05) is 18.9 Å². The molecule has 0 aliphatic carbocycles. The van der Waals surface area contributed by atoms with Crippen LogP contribution in [0.2, 0.25) is 0 Å². The molecule has 0 bridgehead atoms. The summed E-state index contributed by atoms with van der Waals surface area (Å²) in [4.78, 5) is 17.9. The van der Waals surface area contributed by atoms with Gasteiger partial charge >= 0.3 is 0 Å². The van der Waals surface area contributed by atoms with Crippen LogP contribution < -0.4 is 11.1 Å². The summed E-state index contributed by atoms with van der Waals surface area (Å²) in [6.45, 7) is 4.62. The van der Waals surface area contributed by atoms with E-state index in [-0.39, 0.29) is 18.4 Å². The van der Waals surface area contributed by atoms with Crippen LogP contribution in [0.1, 0.15) is 16.7 Å². The quantitative estimate of drug-likeness (QED) is 0.656. The maximum absolute atomic E-state index is 12.1. The van der Waals surface area contributed by atoms with Crippen LogP contribution >= 0.6 is 0 Å². The van der Waals surface area contributed by atoms with Gasteiger partial charge in [0.2, 0.25) is 5.91 Å². The SMILES string of the molecule is Cc1cc(C)cc(NC(N)=NCC(=O)N(C)Cc2ccccc2)c1. The van der Waals surface area contributed by atoms with Gasteiger partial charge in [-0.25, -0.2) is 4.99 Å². The van der Waals surface area contributed by atoms with Crippen LogP contribution in [0.3, 0.4) is 0 Å². The fraction of sp³-hybridized carbons (Fsp3) is 0.263. The molecule has 0 radical (unpaired) electrons. The molecule has 0 saturated carbocycles. The zero-order valence-corrected chi connectivity index (χ0v) is 14.4. The molecule has 1 amide bonds. The largest absolute Gasteiger partial charge is 0.370 e. The molecule has 24 heavy (non-hydrogen) atoms. The smallest absolute Gasteiger partial charge is 0.244 e. The van der Waals surface area contributed by atoms with Crippen LogP contribution in [0.25, 0.3) is 0 Å². The molecular weight excluding hydrogens is 300 g/mol. The summed E-state index contributed by atoms with van der Waals surface area (Å²) in [5, 5.41) is 3.02. The van der Waals surface area contributed by atoms with Crippen LogP contribution in [0.15, 0.2) is 53.5 Å². The number of nitrogens with one attached hydrogen (secondary N) is 1. The number of hydrogen-bond acceptors (Lipinski definition) is 2. The summed E-state index contributed by atoms with van der Waals surface area (Å²) in [5.74, 6) is 0.158. The maximum atomic E-state index is 12.1. The van der Waals surface area contributed by atoms with Crippen molar-refractivity contribution in [1.82, 2.24) is 4.90 Å².